The van der Waals surface area contributed by atoms with E-state index in [0.29, 0.717) is 23.1 Å². The first-order chi connectivity index (χ1) is 12.3. The van der Waals surface area contributed by atoms with Crippen LogP contribution in [0.4, 0.5) is 8.78 Å². The van der Waals surface area contributed by atoms with Crippen molar-refractivity contribution in [2.75, 3.05) is 13.6 Å². The lowest BCUT2D eigenvalue weighted by molar-refractivity contribution is -0.122. The molecule has 0 bridgehead atoms. The van der Waals surface area contributed by atoms with E-state index in [2.05, 4.69) is 10.1 Å². The lowest BCUT2D eigenvalue weighted by Gasteiger charge is -2.17. The molecule has 0 heterocycles. The van der Waals surface area contributed by atoms with Gasteiger partial charge in [0.2, 0.25) is 5.91 Å². The van der Waals surface area contributed by atoms with Crippen LogP contribution in [0.15, 0.2) is 42.5 Å². The smallest absolute Gasteiger partial charge is 0.387 e. The van der Waals surface area contributed by atoms with E-state index in [1.54, 1.807) is 30.3 Å². The number of nitrogens with zero attached hydrogens (tertiary/aromatic N) is 1. The number of likely N-dealkylation sites (N-methyl/N-ethyl adjacent to an activating group) is 1. The normalized spacial score (nSPS) is 11.0. The largest absolute Gasteiger partial charge is 0.435 e. The van der Waals surface area contributed by atoms with Crippen LogP contribution in [0, 0.1) is 0 Å². The zero-order valence-corrected chi connectivity index (χ0v) is 15.5. The summed E-state index contributed by atoms with van der Waals surface area (Å²) < 4.78 is 28.5. The van der Waals surface area contributed by atoms with Crippen molar-refractivity contribution in [1.82, 2.24) is 10.2 Å². The average molecular weight is 403 g/mol. The third kappa shape index (κ3) is 7.15. The molecule has 0 saturated carbocycles. The summed E-state index contributed by atoms with van der Waals surface area (Å²) in [5.41, 5.74) is 1.69. The number of hydrogen-bond donors (Lipinski definition) is 1. The number of ether oxygens (including phenoxy) is 1. The summed E-state index contributed by atoms with van der Waals surface area (Å²) in [4.78, 5) is 13.9. The Labute approximate surface area is 160 Å². The molecule has 0 spiro atoms. The molecule has 0 fully saturated rings. The van der Waals surface area contributed by atoms with Crippen LogP contribution in [0.3, 0.4) is 0 Å². The number of hydrogen-bond acceptors (Lipinski definition) is 3. The molecule has 0 unspecified atom stereocenters. The molecule has 2 rings (SSSR count). The van der Waals surface area contributed by atoms with Crippen LogP contribution < -0.4 is 10.1 Å². The van der Waals surface area contributed by atoms with Crippen LogP contribution in [-0.2, 0) is 17.9 Å². The molecular formula is C18H18Cl2F2N2O2. The second kappa shape index (κ2) is 9.71. The Morgan fingerprint density at radius 1 is 1.12 bits per heavy atom. The second-order valence-corrected chi connectivity index (χ2v) is 6.62. The van der Waals surface area contributed by atoms with Crippen LogP contribution in [0.5, 0.6) is 5.75 Å². The zero-order chi connectivity index (χ0) is 19.1. The minimum Gasteiger partial charge on any atom is -0.435 e. The van der Waals surface area contributed by atoms with Crippen LogP contribution in [-0.4, -0.2) is 31.0 Å². The molecule has 1 N–H and O–H groups in total. The van der Waals surface area contributed by atoms with Gasteiger partial charge in [-0.25, -0.2) is 0 Å². The van der Waals surface area contributed by atoms with E-state index in [1.165, 1.54) is 12.1 Å². The fraction of sp³-hybridized carbons (Fsp3) is 0.278. The molecule has 2 aromatic rings. The number of benzene rings is 2. The van der Waals surface area contributed by atoms with Gasteiger partial charge in [0.05, 0.1) is 6.54 Å². The first-order valence-corrected chi connectivity index (χ1v) is 8.51. The van der Waals surface area contributed by atoms with Crippen molar-refractivity contribution in [2.45, 2.75) is 19.7 Å². The van der Waals surface area contributed by atoms with Gasteiger partial charge in [0.15, 0.2) is 0 Å². The monoisotopic (exact) mass is 402 g/mol. The average Bonchev–Trinajstić information content (AvgIpc) is 2.52. The first kappa shape index (κ1) is 20.4. The molecule has 140 valence electrons. The van der Waals surface area contributed by atoms with Crippen molar-refractivity contribution >= 4 is 29.1 Å². The molecule has 0 aliphatic carbocycles. The van der Waals surface area contributed by atoms with Gasteiger partial charge in [-0.05, 0) is 48.5 Å². The minimum atomic E-state index is -2.86. The predicted molar refractivity (Wildman–Crippen MR) is 97.7 cm³/mol. The topological polar surface area (TPSA) is 41.6 Å². The lowest BCUT2D eigenvalue weighted by Crippen LogP contribution is -2.34. The van der Waals surface area contributed by atoms with Gasteiger partial charge in [-0.3, -0.25) is 9.69 Å². The standard InChI is InChI=1S/C18H18Cl2F2N2O2/c1-24(10-13-6-14(19)8-15(20)7-13)11-17(25)23-9-12-2-4-16(5-3-12)26-18(21)22/h2-8,18H,9-11H2,1H3,(H,23,25). The van der Waals surface area contributed by atoms with Crippen molar-refractivity contribution in [3.63, 3.8) is 0 Å². The maximum atomic E-state index is 12.1. The Kier molecular flexibility index (Phi) is 7.63. The van der Waals surface area contributed by atoms with Crippen LogP contribution in [0.2, 0.25) is 10.0 Å². The maximum absolute atomic E-state index is 12.1. The van der Waals surface area contributed by atoms with Gasteiger partial charge in [-0.2, -0.15) is 8.78 Å². The van der Waals surface area contributed by atoms with Crippen molar-refractivity contribution in [2.24, 2.45) is 0 Å². The van der Waals surface area contributed by atoms with Gasteiger partial charge < -0.3 is 10.1 Å². The summed E-state index contributed by atoms with van der Waals surface area (Å²) in [6.45, 7) is -1.85. The Hall–Kier alpha value is -1.89. The van der Waals surface area contributed by atoms with E-state index in [4.69, 9.17) is 23.2 Å². The quantitative estimate of drug-likeness (QED) is 0.713. The lowest BCUT2D eigenvalue weighted by atomic mass is 10.2. The molecule has 0 aliphatic rings. The van der Waals surface area contributed by atoms with Crippen molar-refractivity contribution < 1.29 is 18.3 Å². The third-order valence-electron chi connectivity index (χ3n) is 3.43. The van der Waals surface area contributed by atoms with E-state index < -0.39 is 6.61 Å². The number of amides is 1. The second-order valence-electron chi connectivity index (χ2n) is 5.75. The Balaban J connectivity index is 1.78. The summed E-state index contributed by atoms with van der Waals surface area (Å²) in [7, 11) is 1.81. The Morgan fingerprint density at radius 3 is 2.31 bits per heavy atom. The van der Waals surface area contributed by atoms with Gasteiger partial charge in [0, 0.05) is 23.1 Å². The first-order valence-electron chi connectivity index (χ1n) is 7.76. The van der Waals surface area contributed by atoms with E-state index in [-0.39, 0.29) is 18.2 Å². The molecule has 0 radical (unpaired) electrons. The van der Waals surface area contributed by atoms with E-state index in [9.17, 15) is 13.6 Å². The molecule has 8 heteroatoms. The number of rotatable bonds is 8. The van der Waals surface area contributed by atoms with E-state index in [0.717, 1.165) is 11.1 Å². The molecule has 0 saturated heterocycles. The fourth-order valence-corrected chi connectivity index (χ4v) is 2.93. The molecule has 0 aliphatic heterocycles. The Morgan fingerprint density at radius 2 is 1.73 bits per heavy atom. The van der Waals surface area contributed by atoms with Crippen LogP contribution in [0.1, 0.15) is 11.1 Å². The summed E-state index contributed by atoms with van der Waals surface area (Å²) in [5.74, 6) is -0.0801. The molecule has 2 aromatic carbocycles. The van der Waals surface area contributed by atoms with E-state index >= 15 is 0 Å². The van der Waals surface area contributed by atoms with E-state index in [1.807, 2.05) is 11.9 Å². The van der Waals surface area contributed by atoms with Gasteiger partial charge in [-0.15, -0.1) is 0 Å². The van der Waals surface area contributed by atoms with Crippen molar-refractivity contribution in [3.8, 4) is 5.75 Å². The third-order valence-corrected chi connectivity index (χ3v) is 3.86. The number of halogens is 4. The minimum absolute atomic E-state index is 0.0787. The molecule has 4 nitrogen and oxygen atoms in total. The van der Waals surface area contributed by atoms with Gasteiger partial charge in [0.25, 0.3) is 0 Å². The summed E-state index contributed by atoms with van der Waals surface area (Å²) in [6, 6.07) is 11.4. The maximum Gasteiger partial charge on any atom is 0.387 e. The highest BCUT2D eigenvalue weighted by Gasteiger charge is 2.09. The van der Waals surface area contributed by atoms with Gasteiger partial charge >= 0.3 is 6.61 Å². The molecule has 1 amide bonds. The van der Waals surface area contributed by atoms with Gasteiger partial charge in [0.1, 0.15) is 5.75 Å². The molecule has 0 aromatic heterocycles. The summed E-state index contributed by atoms with van der Waals surface area (Å²) >= 11 is 11.9. The number of carbonyl (C=O) groups excluding carboxylic acids is 1. The highest BCUT2D eigenvalue weighted by Crippen LogP contribution is 2.20. The van der Waals surface area contributed by atoms with Crippen molar-refractivity contribution in [3.05, 3.63) is 63.6 Å². The highest BCUT2D eigenvalue weighted by atomic mass is 35.5. The number of alkyl halides is 2. The van der Waals surface area contributed by atoms with Crippen LogP contribution >= 0.6 is 23.2 Å². The molecular weight excluding hydrogens is 385 g/mol. The zero-order valence-electron chi connectivity index (χ0n) is 14.0. The Bertz CT molecular complexity index is 722. The predicted octanol–water partition coefficient (Wildman–Crippen LogP) is 4.34. The SMILES string of the molecule is CN(CC(=O)NCc1ccc(OC(F)F)cc1)Cc1cc(Cl)cc(Cl)c1. The van der Waals surface area contributed by atoms with Gasteiger partial charge in [-0.1, -0.05) is 35.3 Å². The fourth-order valence-electron chi connectivity index (χ4n) is 2.36. The van der Waals surface area contributed by atoms with Crippen LogP contribution in [0.25, 0.3) is 0 Å². The van der Waals surface area contributed by atoms with Crippen molar-refractivity contribution in [1.29, 1.82) is 0 Å². The summed E-state index contributed by atoms with van der Waals surface area (Å²) in [6.07, 6.45) is 0. The highest BCUT2D eigenvalue weighted by molar-refractivity contribution is 6.34. The number of carbonyl (C=O) groups is 1. The number of nitrogens with one attached hydrogen (secondary N) is 1. The molecule has 26 heavy (non-hydrogen) atoms. The molecule has 0 atom stereocenters. The summed E-state index contributed by atoms with van der Waals surface area (Å²) in [5, 5.41) is 3.87.